The van der Waals surface area contributed by atoms with Crippen molar-refractivity contribution in [1.29, 1.82) is 0 Å². The van der Waals surface area contributed by atoms with Crippen LogP contribution in [-0.4, -0.2) is 58.5 Å². The molecule has 1 atom stereocenters. The maximum atomic E-state index is 12.5. The van der Waals surface area contributed by atoms with Gasteiger partial charge in [-0.25, -0.2) is 0 Å². The number of hydrogen-bond donors (Lipinski definition) is 1. The molecule has 2 fully saturated rings. The molecule has 2 rings (SSSR count). The highest BCUT2D eigenvalue weighted by molar-refractivity contribution is 5.85. The lowest BCUT2D eigenvalue weighted by atomic mass is 10.0. The molecule has 2 aliphatic rings. The molecule has 0 spiro atoms. The molecule has 6 heteroatoms. The van der Waals surface area contributed by atoms with Crippen LogP contribution in [0.15, 0.2) is 0 Å². The van der Waals surface area contributed by atoms with Crippen LogP contribution in [0.25, 0.3) is 0 Å². The number of carboxylic acid groups (broad SMARTS) is 1. The topological polar surface area (TPSA) is 60.9 Å². The molecule has 1 amide bonds. The minimum absolute atomic E-state index is 0. The monoisotopic (exact) mass is 318 g/mol. The van der Waals surface area contributed by atoms with Gasteiger partial charge in [-0.1, -0.05) is 20.3 Å². The average molecular weight is 319 g/mol. The second-order valence-electron chi connectivity index (χ2n) is 6.49. The molecule has 1 saturated carbocycles. The van der Waals surface area contributed by atoms with Crippen molar-refractivity contribution in [3.8, 4) is 0 Å². The Morgan fingerprint density at radius 1 is 1.24 bits per heavy atom. The standard InChI is InChI=1S/C15H26N2O3.ClH/c1-11(2)9-17(12-6-7-12)14(18)10-16-8-4-3-5-13(16)15(19)20;/h11-13H,3-10H2,1-2H3,(H,19,20);1H. The van der Waals surface area contributed by atoms with Crippen LogP contribution in [0.3, 0.4) is 0 Å². The number of carbonyl (C=O) groups excluding carboxylic acids is 1. The van der Waals surface area contributed by atoms with Gasteiger partial charge >= 0.3 is 5.97 Å². The lowest BCUT2D eigenvalue weighted by Crippen LogP contribution is -2.50. The summed E-state index contributed by atoms with van der Waals surface area (Å²) in [6, 6.07) is -0.0780. The van der Waals surface area contributed by atoms with E-state index in [2.05, 4.69) is 13.8 Å². The summed E-state index contributed by atoms with van der Waals surface area (Å²) in [6.07, 6.45) is 4.79. The number of nitrogens with zero attached hydrogens (tertiary/aromatic N) is 2. The zero-order valence-corrected chi connectivity index (χ0v) is 13.8. The first-order chi connectivity index (χ1) is 9.49. The van der Waals surface area contributed by atoms with Gasteiger partial charge in [-0.3, -0.25) is 14.5 Å². The van der Waals surface area contributed by atoms with Crippen LogP contribution in [-0.2, 0) is 9.59 Å². The van der Waals surface area contributed by atoms with Gasteiger partial charge in [0, 0.05) is 12.6 Å². The summed E-state index contributed by atoms with van der Waals surface area (Å²) >= 11 is 0. The van der Waals surface area contributed by atoms with Crippen molar-refractivity contribution in [2.75, 3.05) is 19.6 Å². The summed E-state index contributed by atoms with van der Waals surface area (Å²) in [4.78, 5) is 27.6. The Balaban J connectivity index is 0.00000220. The quantitative estimate of drug-likeness (QED) is 0.813. The Hall–Kier alpha value is -0.810. The van der Waals surface area contributed by atoms with E-state index < -0.39 is 12.0 Å². The fourth-order valence-corrected chi connectivity index (χ4v) is 2.96. The summed E-state index contributed by atoms with van der Waals surface area (Å²) in [7, 11) is 0. The minimum atomic E-state index is -0.792. The lowest BCUT2D eigenvalue weighted by molar-refractivity contribution is -0.146. The van der Waals surface area contributed by atoms with Crippen molar-refractivity contribution in [3.63, 3.8) is 0 Å². The SMILES string of the molecule is CC(C)CN(C(=O)CN1CCCCC1C(=O)O)C1CC1.Cl. The first-order valence-electron chi connectivity index (χ1n) is 7.75. The molecule has 0 aromatic heterocycles. The van der Waals surface area contributed by atoms with Gasteiger partial charge in [0.15, 0.2) is 0 Å². The Bertz CT molecular complexity index is 372. The molecule has 21 heavy (non-hydrogen) atoms. The van der Waals surface area contributed by atoms with Crippen molar-refractivity contribution >= 4 is 24.3 Å². The summed E-state index contributed by atoms with van der Waals surface area (Å²) in [6.45, 7) is 6.01. The third-order valence-electron chi connectivity index (χ3n) is 4.11. The van der Waals surface area contributed by atoms with Gasteiger partial charge in [-0.2, -0.15) is 0 Å². The lowest BCUT2D eigenvalue weighted by Gasteiger charge is -2.34. The number of halogens is 1. The highest BCUT2D eigenvalue weighted by atomic mass is 35.5. The van der Waals surface area contributed by atoms with Crippen molar-refractivity contribution in [2.45, 2.75) is 58.0 Å². The van der Waals surface area contributed by atoms with Crippen LogP contribution in [0.2, 0.25) is 0 Å². The van der Waals surface area contributed by atoms with E-state index in [4.69, 9.17) is 0 Å². The maximum absolute atomic E-state index is 12.5. The van der Waals surface area contributed by atoms with Crippen LogP contribution >= 0.6 is 12.4 Å². The largest absolute Gasteiger partial charge is 0.480 e. The number of amides is 1. The van der Waals surface area contributed by atoms with E-state index in [-0.39, 0.29) is 24.9 Å². The van der Waals surface area contributed by atoms with Crippen LogP contribution in [0.5, 0.6) is 0 Å². The smallest absolute Gasteiger partial charge is 0.320 e. The molecular weight excluding hydrogens is 292 g/mol. The molecule has 1 aliphatic heterocycles. The van der Waals surface area contributed by atoms with E-state index in [0.717, 1.165) is 38.8 Å². The molecule has 1 saturated heterocycles. The zero-order chi connectivity index (χ0) is 14.7. The predicted octanol–water partition coefficient (Wildman–Crippen LogP) is 1.99. The Kier molecular flexibility index (Phi) is 6.94. The van der Waals surface area contributed by atoms with Gasteiger partial charge in [0.05, 0.1) is 6.54 Å². The van der Waals surface area contributed by atoms with Gasteiger partial charge in [-0.05, 0) is 38.1 Å². The first kappa shape index (κ1) is 18.2. The molecule has 5 nitrogen and oxygen atoms in total. The molecule has 0 aromatic carbocycles. The van der Waals surface area contributed by atoms with E-state index in [1.54, 1.807) is 0 Å². The molecule has 1 unspecified atom stereocenters. The molecule has 0 aromatic rings. The highest BCUT2D eigenvalue weighted by Gasteiger charge is 2.36. The van der Waals surface area contributed by atoms with Gasteiger partial charge < -0.3 is 10.0 Å². The Labute approximate surface area is 133 Å². The Morgan fingerprint density at radius 3 is 2.43 bits per heavy atom. The first-order valence-corrected chi connectivity index (χ1v) is 7.75. The number of carbonyl (C=O) groups is 2. The van der Waals surface area contributed by atoms with E-state index in [1.807, 2.05) is 9.80 Å². The predicted molar refractivity (Wildman–Crippen MR) is 83.7 cm³/mol. The van der Waals surface area contributed by atoms with Gasteiger partial charge in [-0.15, -0.1) is 12.4 Å². The van der Waals surface area contributed by atoms with E-state index in [9.17, 15) is 14.7 Å². The van der Waals surface area contributed by atoms with Gasteiger partial charge in [0.25, 0.3) is 0 Å². The summed E-state index contributed by atoms with van der Waals surface area (Å²) in [5.41, 5.74) is 0. The Morgan fingerprint density at radius 2 is 1.90 bits per heavy atom. The molecule has 0 radical (unpaired) electrons. The number of aliphatic carboxylic acids is 1. The summed E-state index contributed by atoms with van der Waals surface area (Å²) < 4.78 is 0. The fourth-order valence-electron chi connectivity index (χ4n) is 2.96. The average Bonchev–Trinajstić information content (AvgIpc) is 3.20. The molecular formula is C15H27ClN2O3. The number of likely N-dealkylation sites (tertiary alicyclic amines) is 1. The van der Waals surface area contributed by atoms with Crippen LogP contribution < -0.4 is 0 Å². The molecule has 122 valence electrons. The van der Waals surface area contributed by atoms with E-state index in [1.165, 1.54) is 0 Å². The zero-order valence-electron chi connectivity index (χ0n) is 13.0. The normalized spacial score (nSPS) is 22.7. The van der Waals surface area contributed by atoms with Gasteiger partial charge in [0.1, 0.15) is 6.04 Å². The second-order valence-corrected chi connectivity index (χ2v) is 6.49. The molecule has 1 aliphatic carbocycles. The minimum Gasteiger partial charge on any atom is -0.480 e. The second kappa shape index (κ2) is 7.99. The number of rotatable bonds is 6. The van der Waals surface area contributed by atoms with E-state index >= 15 is 0 Å². The third kappa shape index (κ3) is 5.15. The third-order valence-corrected chi connectivity index (χ3v) is 4.11. The van der Waals surface area contributed by atoms with Crippen LogP contribution in [0, 0.1) is 5.92 Å². The maximum Gasteiger partial charge on any atom is 0.320 e. The van der Waals surface area contributed by atoms with E-state index in [0.29, 0.717) is 18.4 Å². The number of carboxylic acids is 1. The van der Waals surface area contributed by atoms with Crippen LogP contribution in [0.1, 0.15) is 46.0 Å². The summed E-state index contributed by atoms with van der Waals surface area (Å²) in [5.74, 6) is -0.232. The molecule has 1 N–H and O–H groups in total. The number of piperidine rings is 1. The van der Waals surface area contributed by atoms with Crippen molar-refractivity contribution in [3.05, 3.63) is 0 Å². The fraction of sp³-hybridized carbons (Fsp3) is 0.867. The van der Waals surface area contributed by atoms with Crippen molar-refractivity contribution < 1.29 is 14.7 Å². The molecule has 0 bridgehead atoms. The van der Waals surface area contributed by atoms with Crippen molar-refractivity contribution in [2.24, 2.45) is 5.92 Å². The van der Waals surface area contributed by atoms with Crippen molar-refractivity contribution in [1.82, 2.24) is 9.80 Å². The number of hydrogen-bond acceptors (Lipinski definition) is 3. The molecule has 1 heterocycles. The van der Waals surface area contributed by atoms with Crippen LogP contribution in [0.4, 0.5) is 0 Å². The highest BCUT2D eigenvalue weighted by Crippen LogP contribution is 2.28. The summed E-state index contributed by atoms with van der Waals surface area (Å²) in [5, 5.41) is 9.26. The van der Waals surface area contributed by atoms with Gasteiger partial charge in [0.2, 0.25) is 5.91 Å².